The topological polar surface area (TPSA) is 0 Å². The second-order valence-corrected chi connectivity index (χ2v) is 7.22. The molecule has 0 fully saturated rings. The minimum atomic E-state index is 0.303. The van der Waals surface area contributed by atoms with E-state index < -0.39 is 0 Å². The van der Waals surface area contributed by atoms with Crippen LogP contribution < -0.4 is 0 Å². The molecule has 3 atom stereocenters. The molecule has 0 aromatic rings. The Morgan fingerprint density at radius 1 is 0.944 bits per heavy atom. The van der Waals surface area contributed by atoms with Crippen LogP contribution in [0.2, 0.25) is 0 Å². The SMILES string of the molecule is CCC(C)C(C)C(C)C(C)(C)C(C)=C(C)C(C)C. The fourth-order valence-corrected chi connectivity index (χ4v) is 2.80. The van der Waals surface area contributed by atoms with Crippen LogP contribution in [0.15, 0.2) is 11.1 Å². The first kappa shape index (κ1) is 17.7. The maximum Gasteiger partial charge on any atom is -0.0117 e. The van der Waals surface area contributed by atoms with Crippen molar-refractivity contribution in [1.82, 2.24) is 0 Å². The number of rotatable bonds is 6. The van der Waals surface area contributed by atoms with Gasteiger partial charge in [-0.25, -0.2) is 0 Å². The summed E-state index contributed by atoms with van der Waals surface area (Å²) >= 11 is 0. The smallest absolute Gasteiger partial charge is 0.0117 e. The molecule has 18 heavy (non-hydrogen) atoms. The summed E-state index contributed by atoms with van der Waals surface area (Å²) < 4.78 is 0. The molecule has 0 saturated heterocycles. The lowest BCUT2D eigenvalue weighted by Gasteiger charge is -2.40. The third-order valence-electron chi connectivity index (χ3n) is 5.89. The minimum absolute atomic E-state index is 0.303. The molecule has 0 aromatic heterocycles. The number of hydrogen-bond donors (Lipinski definition) is 0. The van der Waals surface area contributed by atoms with E-state index in [0.717, 1.165) is 17.8 Å². The highest BCUT2D eigenvalue weighted by atomic mass is 14.4. The van der Waals surface area contributed by atoms with Crippen molar-refractivity contribution < 1.29 is 0 Å². The molecule has 108 valence electrons. The Kier molecular flexibility index (Phi) is 6.68. The van der Waals surface area contributed by atoms with Gasteiger partial charge in [0.1, 0.15) is 0 Å². The second-order valence-electron chi connectivity index (χ2n) is 7.22. The Morgan fingerprint density at radius 3 is 1.72 bits per heavy atom. The molecule has 0 N–H and O–H groups in total. The lowest BCUT2D eigenvalue weighted by molar-refractivity contribution is 0.156. The normalized spacial score (nSPS) is 19.5. The first-order chi connectivity index (χ1) is 8.07. The molecule has 0 aliphatic carbocycles. The molecule has 0 aliphatic heterocycles. The first-order valence-electron chi connectivity index (χ1n) is 7.75. The van der Waals surface area contributed by atoms with Gasteiger partial charge in [-0.2, -0.15) is 0 Å². The van der Waals surface area contributed by atoms with E-state index in [9.17, 15) is 0 Å². The van der Waals surface area contributed by atoms with Gasteiger partial charge in [-0.3, -0.25) is 0 Å². The quantitative estimate of drug-likeness (QED) is 0.485. The van der Waals surface area contributed by atoms with Crippen molar-refractivity contribution in [2.75, 3.05) is 0 Å². The Morgan fingerprint density at radius 2 is 1.39 bits per heavy atom. The largest absolute Gasteiger partial charge is 0.0713 e. The fourth-order valence-electron chi connectivity index (χ4n) is 2.80. The summed E-state index contributed by atoms with van der Waals surface area (Å²) in [5.41, 5.74) is 3.47. The Hall–Kier alpha value is -0.260. The van der Waals surface area contributed by atoms with Crippen LogP contribution in [0, 0.1) is 29.1 Å². The summed E-state index contributed by atoms with van der Waals surface area (Å²) in [6.45, 7) is 23.7. The van der Waals surface area contributed by atoms with Crippen molar-refractivity contribution in [2.24, 2.45) is 29.1 Å². The molecule has 0 heteroatoms. The summed E-state index contributed by atoms with van der Waals surface area (Å²) in [5.74, 6) is 2.97. The van der Waals surface area contributed by atoms with Gasteiger partial charge in [0.15, 0.2) is 0 Å². The molecule has 0 rings (SSSR count). The van der Waals surface area contributed by atoms with Crippen molar-refractivity contribution >= 4 is 0 Å². The summed E-state index contributed by atoms with van der Waals surface area (Å²) in [5, 5.41) is 0. The van der Waals surface area contributed by atoms with Crippen molar-refractivity contribution in [3.63, 3.8) is 0 Å². The second kappa shape index (κ2) is 6.78. The molecule has 0 radical (unpaired) electrons. The predicted octanol–water partition coefficient (Wildman–Crippen LogP) is 6.32. The van der Waals surface area contributed by atoms with E-state index in [4.69, 9.17) is 0 Å². The molecular formula is C18H36. The molecule has 0 heterocycles. The third-order valence-corrected chi connectivity index (χ3v) is 5.89. The lowest BCUT2D eigenvalue weighted by Crippen LogP contribution is -2.32. The highest BCUT2D eigenvalue weighted by Crippen LogP contribution is 2.43. The Bertz CT molecular complexity index is 280. The highest BCUT2D eigenvalue weighted by Gasteiger charge is 2.34. The fraction of sp³-hybridized carbons (Fsp3) is 0.889. The molecule has 0 aromatic carbocycles. The standard InChI is InChI=1S/C18H36/c1-11-13(4)15(6)17(8)18(9,10)16(7)14(5)12(2)3/h12-13,15,17H,11H2,1-10H3. The zero-order valence-corrected chi connectivity index (χ0v) is 14.5. The van der Waals surface area contributed by atoms with Crippen LogP contribution in [0.25, 0.3) is 0 Å². The van der Waals surface area contributed by atoms with Crippen molar-refractivity contribution in [3.8, 4) is 0 Å². The average molecular weight is 252 g/mol. The van der Waals surface area contributed by atoms with Gasteiger partial charge in [-0.05, 0) is 42.9 Å². The van der Waals surface area contributed by atoms with Gasteiger partial charge < -0.3 is 0 Å². The summed E-state index contributed by atoms with van der Waals surface area (Å²) in [7, 11) is 0. The minimum Gasteiger partial charge on any atom is -0.0713 e. The predicted molar refractivity (Wildman–Crippen MR) is 84.8 cm³/mol. The van der Waals surface area contributed by atoms with Crippen LogP contribution in [-0.4, -0.2) is 0 Å². The van der Waals surface area contributed by atoms with Gasteiger partial charge in [-0.15, -0.1) is 0 Å². The van der Waals surface area contributed by atoms with Crippen molar-refractivity contribution in [3.05, 3.63) is 11.1 Å². The van der Waals surface area contributed by atoms with Crippen LogP contribution in [-0.2, 0) is 0 Å². The highest BCUT2D eigenvalue weighted by molar-refractivity contribution is 5.19. The van der Waals surface area contributed by atoms with E-state index in [0.29, 0.717) is 11.3 Å². The summed E-state index contributed by atoms with van der Waals surface area (Å²) in [6.07, 6.45) is 1.29. The maximum atomic E-state index is 2.44. The third kappa shape index (κ3) is 3.87. The van der Waals surface area contributed by atoms with E-state index in [1.165, 1.54) is 6.42 Å². The van der Waals surface area contributed by atoms with Crippen LogP contribution in [0.3, 0.4) is 0 Å². The number of allylic oxidation sites excluding steroid dienone is 2. The van der Waals surface area contributed by atoms with Crippen LogP contribution >= 0.6 is 0 Å². The van der Waals surface area contributed by atoms with E-state index in [-0.39, 0.29) is 0 Å². The molecule has 0 bridgehead atoms. The summed E-state index contributed by atoms with van der Waals surface area (Å²) in [4.78, 5) is 0. The summed E-state index contributed by atoms with van der Waals surface area (Å²) in [6, 6.07) is 0. The van der Waals surface area contributed by atoms with Gasteiger partial charge in [-0.1, -0.05) is 73.0 Å². The Balaban J connectivity index is 5.20. The van der Waals surface area contributed by atoms with Gasteiger partial charge in [0.25, 0.3) is 0 Å². The molecule has 0 amide bonds. The van der Waals surface area contributed by atoms with Crippen molar-refractivity contribution in [1.29, 1.82) is 0 Å². The first-order valence-corrected chi connectivity index (χ1v) is 7.75. The van der Waals surface area contributed by atoms with Gasteiger partial charge in [0.2, 0.25) is 0 Å². The molecule has 0 nitrogen and oxygen atoms in total. The van der Waals surface area contributed by atoms with Crippen LogP contribution in [0.4, 0.5) is 0 Å². The zero-order chi connectivity index (χ0) is 14.7. The monoisotopic (exact) mass is 252 g/mol. The maximum absolute atomic E-state index is 2.44. The van der Waals surface area contributed by atoms with E-state index >= 15 is 0 Å². The van der Waals surface area contributed by atoms with Gasteiger partial charge in [0, 0.05) is 0 Å². The molecule has 0 spiro atoms. The Labute approximate surface area is 116 Å². The zero-order valence-electron chi connectivity index (χ0n) is 14.5. The average Bonchev–Trinajstić information content (AvgIpc) is 2.33. The molecule has 3 unspecified atom stereocenters. The molecular weight excluding hydrogens is 216 g/mol. The van der Waals surface area contributed by atoms with Crippen molar-refractivity contribution in [2.45, 2.75) is 75.7 Å². The van der Waals surface area contributed by atoms with Gasteiger partial charge in [0.05, 0.1) is 0 Å². The lowest BCUT2D eigenvalue weighted by atomic mass is 9.65. The van der Waals surface area contributed by atoms with E-state index in [1.807, 2.05) is 0 Å². The van der Waals surface area contributed by atoms with Gasteiger partial charge >= 0.3 is 0 Å². The van der Waals surface area contributed by atoms with E-state index in [2.05, 4.69) is 69.2 Å². The molecule has 0 saturated carbocycles. The van der Waals surface area contributed by atoms with Crippen LogP contribution in [0.1, 0.15) is 75.7 Å². The van der Waals surface area contributed by atoms with Crippen LogP contribution in [0.5, 0.6) is 0 Å². The number of hydrogen-bond acceptors (Lipinski definition) is 0. The molecule has 0 aliphatic rings. The van der Waals surface area contributed by atoms with E-state index in [1.54, 1.807) is 11.1 Å².